The highest BCUT2D eigenvalue weighted by Gasteiger charge is 2.26. The topological polar surface area (TPSA) is 79.3 Å². The maximum atomic E-state index is 11.9. The summed E-state index contributed by atoms with van der Waals surface area (Å²) in [5.41, 5.74) is -0.555. The number of amides is 1. The van der Waals surface area contributed by atoms with E-state index in [1.165, 1.54) is 18.3 Å². The van der Waals surface area contributed by atoms with Crippen molar-refractivity contribution < 1.29 is 14.7 Å². The van der Waals surface area contributed by atoms with Crippen LogP contribution in [-0.4, -0.2) is 22.0 Å². The van der Waals surface area contributed by atoms with Crippen molar-refractivity contribution in [2.45, 2.75) is 27.2 Å². The first kappa shape index (κ1) is 13.2. The minimum Gasteiger partial charge on any atom is -0.478 e. The summed E-state index contributed by atoms with van der Waals surface area (Å²) in [6.45, 7) is 5.49. The van der Waals surface area contributed by atoms with Crippen LogP contribution >= 0.6 is 0 Å². The zero-order valence-corrected chi connectivity index (χ0v) is 10.2. The molecule has 92 valence electrons. The van der Waals surface area contributed by atoms with Crippen molar-refractivity contribution >= 4 is 17.7 Å². The van der Waals surface area contributed by atoms with Gasteiger partial charge in [-0.05, 0) is 18.6 Å². The Kier molecular flexibility index (Phi) is 3.83. The fourth-order valence-corrected chi connectivity index (χ4v) is 1.11. The van der Waals surface area contributed by atoms with E-state index in [1.807, 2.05) is 6.92 Å². The van der Waals surface area contributed by atoms with E-state index in [4.69, 9.17) is 5.11 Å². The van der Waals surface area contributed by atoms with Crippen molar-refractivity contribution in [3.8, 4) is 0 Å². The fraction of sp³-hybridized carbons (Fsp3) is 0.417. The molecule has 0 fully saturated rings. The number of nitrogens with one attached hydrogen (secondary N) is 1. The van der Waals surface area contributed by atoms with E-state index in [0.29, 0.717) is 6.42 Å². The third kappa shape index (κ3) is 3.03. The standard InChI is InChI=1S/C12H16N2O3/c1-4-12(2,3)11(17)14-9-8(10(15)16)6-5-7-13-9/h5-7H,4H2,1-3H3,(H,15,16)(H,13,14,17). The Morgan fingerprint density at radius 1 is 1.47 bits per heavy atom. The molecule has 5 nitrogen and oxygen atoms in total. The molecule has 0 radical (unpaired) electrons. The molecule has 0 aliphatic rings. The summed E-state index contributed by atoms with van der Waals surface area (Å²) in [6, 6.07) is 2.92. The highest BCUT2D eigenvalue weighted by molar-refractivity contribution is 6.00. The van der Waals surface area contributed by atoms with Gasteiger partial charge in [-0.25, -0.2) is 9.78 Å². The fourth-order valence-electron chi connectivity index (χ4n) is 1.11. The smallest absolute Gasteiger partial charge is 0.339 e. The van der Waals surface area contributed by atoms with E-state index in [9.17, 15) is 9.59 Å². The summed E-state index contributed by atoms with van der Waals surface area (Å²) in [7, 11) is 0. The van der Waals surface area contributed by atoms with Gasteiger partial charge < -0.3 is 10.4 Å². The van der Waals surface area contributed by atoms with Gasteiger partial charge in [-0.15, -0.1) is 0 Å². The van der Waals surface area contributed by atoms with Gasteiger partial charge in [0, 0.05) is 11.6 Å². The van der Waals surface area contributed by atoms with E-state index in [-0.39, 0.29) is 17.3 Å². The van der Waals surface area contributed by atoms with Gasteiger partial charge in [0.2, 0.25) is 5.91 Å². The number of rotatable bonds is 4. The monoisotopic (exact) mass is 236 g/mol. The summed E-state index contributed by atoms with van der Waals surface area (Å²) < 4.78 is 0. The number of carbonyl (C=O) groups is 2. The van der Waals surface area contributed by atoms with E-state index in [0.717, 1.165) is 0 Å². The van der Waals surface area contributed by atoms with Crippen LogP contribution in [0.2, 0.25) is 0 Å². The lowest BCUT2D eigenvalue weighted by Gasteiger charge is -2.21. The normalized spacial score (nSPS) is 11.0. The molecular weight excluding hydrogens is 220 g/mol. The Bertz CT molecular complexity index is 441. The molecule has 0 bridgehead atoms. The minimum atomic E-state index is -1.11. The molecule has 1 rings (SSSR count). The van der Waals surface area contributed by atoms with Crippen molar-refractivity contribution in [3.63, 3.8) is 0 Å². The van der Waals surface area contributed by atoms with Crippen LogP contribution in [-0.2, 0) is 4.79 Å². The van der Waals surface area contributed by atoms with Gasteiger partial charge in [-0.2, -0.15) is 0 Å². The van der Waals surface area contributed by atoms with E-state index in [1.54, 1.807) is 13.8 Å². The number of aromatic carboxylic acids is 1. The van der Waals surface area contributed by atoms with Crippen molar-refractivity contribution in [3.05, 3.63) is 23.9 Å². The van der Waals surface area contributed by atoms with Crippen LogP contribution in [0.5, 0.6) is 0 Å². The highest BCUT2D eigenvalue weighted by atomic mass is 16.4. The SMILES string of the molecule is CCC(C)(C)C(=O)Nc1ncccc1C(=O)O. The van der Waals surface area contributed by atoms with Gasteiger partial charge in [0.25, 0.3) is 0 Å². The maximum absolute atomic E-state index is 11.9. The summed E-state index contributed by atoms with van der Waals surface area (Å²) >= 11 is 0. The largest absolute Gasteiger partial charge is 0.478 e. The molecule has 5 heteroatoms. The molecule has 0 unspecified atom stereocenters. The van der Waals surface area contributed by atoms with Crippen LogP contribution in [0.3, 0.4) is 0 Å². The van der Waals surface area contributed by atoms with Gasteiger partial charge in [0.05, 0.1) is 0 Å². The van der Waals surface area contributed by atoms with Gasteiger partial charge in [0.15, 0.2) is 0 Å². The van der Waals surface area contributed by atoms with Gasteiger partial charge in [-0.3, -0.25) is 4.79 Å². The average molecular weight is 236 g/mol. The quantitative estimate of drug-likeness (QED) is 0.839. The first-order chi connectivity index (χ1) is 7.88. The molecule has 1 heterocycles. The van der Waals surface area contributed by atoms with Crippen LogP contribution in [0.4, 0.5) is 5.82 Å². The van der Waals surface area contributed by atoms with E-state index < -0.39 is 11.4 Å². The first-order valence-electron chi connectivity index (χ1n) is 5.38. The molecule has 1 amide bonds. The second-order valence-corrected chi connectivity index (χ2v) is 4.40. The number of aromatic nitrogens is 1. The van der Waals surface area contributed by atoms with E-state index >= 15 is 0 Å². The highest BCUT2D eigenvalue weighted by Crippen LogP contribution is 2.22. The molecule has 0 atom stereocenters. The number of pyridine rings is 1. The van der Waals surface area contributed by atoms with Crippen molar-refractivity contribution in [2.75, 3.05) is 5.32 Å². The molecule has 1 aromatic rings. The molecular formula is C12H16N2O3. The number of nitrogens with zero attached hydrogens (tertiary/aromatic N) is 1. The molecule has 0 saturated carbocycles. The minimum absolute atomic E-state index is 0.00671. The molecule has 0 saturated heterocycles. The second-order valence-electron chi connectivity index (χ2n) is 4.40. The lowest BCUT2D eigenvalue weighted by Crippen LogP contribution is -2.31. The maximum Gasteiger partial charge on any atom is 0.339 e. The van der Waals surface area contributed by atoms with Crippen LogP contribution in [0.1, 0.15) is 37.6 Å². The molecule has 0 aromatic carbocycles. The van der Waals surface area contributed by atoms with Crippen molar-refractivity contribution in [1.29, 1.82) is 0 Å². The summed E-state index contributed by atoms with van der Waals surface area (Å²) in [6.07, 6.45) is 2.11. The third-order valence-electron chi connectivity index (χ3n) is 2.77. The van der Waals surface area contributed by atoms with Gasteiger partial charge in [0.1, 0.15) is 11.4 Å². The predicted molar refractivity (Wildman–Crippen MR) is 63.9 cm³/mol. The Morgan fingerprint density at radius 3 is 2.65 bits per heavy atom. The van der Waals surface area contributed by atoms with E-state index in [2.05, 4.69) is 10.3 Å². The molecule has 0 aliphatic carbocycles. The Morgan fingerprint density at radius 2 is 2.12 bits per heavy atom. The number of anilines is 1. The predicted octanol–water partition coefficient (Wildman–Crippen LogP) is 2.15. The number of carboxylic acid groups (broad SMARTS) is 1. The lowest BCUT2D eigenvalue weighted by molar-refractivity contribution is -0.124. The summed E-state index contributed by atoms with van der Waals surface area (Å²) in [5, 5.41) is 11.5. The zero-order valence-electron chi connectivity index (χ0n) is 10.2. The van der Waals surface area contributed by atoms with Crippen LogP contribution in [0.25, 0.3) is 0 Å². The Balaban J connectivity index is 2.97. The van der Waals surface area contributed by atoms with Crippen LogP contribution < -0.4 is 5.32 Å². The summed E-state index contributed by atoms with van der Waals surface area (Å²) in [5.74, 6) is -1.25. The summed E-state index contributed by atoms with van der Waals surface area (Å²) in [4.78, 5) is 26.7. The zero-order chi connectivity index (χ0) is 13.1. The van der Waals surface area contributed by atoms with Crippen LogP contribution in [0.15, 0.2) is 18.3 Å². The number of carbonyl (C=O) groups excluding carboxylic acids is 1. The lowest BCUT2D eigenvalue weighted by atomic mass is 9.89. The molecule has 1 aromatic heterocycles. The van der Waals surface area contributed by atoms with Gasteiger partial charge >= 0.3 is 5.97 Å². The average Bonchev–Trinajstić information content (AvgIpc) is 2.29. The third-order valence-corrected chi connectivity index (χ3v) is 2.77. The Labute approximate surface area is 99.9 Å². The molecule has 0 aliphatic heterocycles. The molecule has 0 spiro atoms. The molecule has 2 N–H and O–H groups in total. The number of hydrogen-bond donors (Lipinski definition) is 2. The van der Waals surface area contributed by atoms with Gasteiger partial charge in [-0.1, -0.05) is 20.8 Å². The second kappa shape index (κ2) is 4.95. The first-order valence-corrected chi connectivity index (χ1v) is 5.38. The Hall–Kier alpha value is -1.91. The van der Waals surface area contributed by atoms with Crippen molar-refractivity contribution in [2.24, 2.45) is 5.41 Å². The van der Waals surface area contributed by atoms with Crippen LogP contribution in [0, 0.1) is 5.41 Å². The number of carboxylic acids is 1. The number of hydrogen-bond acceptors (Lipinski definition) is 3. The van der Waals surface area contributed by atoms with Crippen molar-refractivity contribution in [1.82, 2.24) is 4.98 Å². The molecule has 17 heavy (non-hydrogen) atoms.